The quantitative estimate of drug-likeness (QED) is 0.402. The third-order valence-electron chi connectivity index (χ3n) is 7.16. The highest BCUT2D eigenvalue weighted by Crippen LogP contribution is 2.37. The fourth-order valence-electron chi connectivity index (χ4n) is 5.89. The molecule has 0 aliphatic carbocycles. The molecule has 0 spiro atoms. The van der Waals surface area contributed by atoms with Gasteiger partial charge in [-0.25, -0.2) is 0 Å². The van der Waals surface area contributed by atoms with E-state index in [2.05, 4.69) is 132 Å². The zero-order valence-electron chi connectivity index (χ0n) is 18.5. The van der Waals surface area contributed by atoms with Gasteiger partial charge in [-0.2, -0.15) is 0 Å². The van der Waals surface area contributed by atoms with Gasteiger partial charge in [-0.05, 0) is 45.8 Å². The van der Waals surface area contributed by atoms with Crippen LogP contribution in [0.25, 0.3) is 0 Å². The van der Waals surface area contributed by atoms with Crippen molar-refractivity contribution in [1.29, 1.82) is 0 Å². The molecule has 32 heavy (non-hydrogen) atoms. The molecule has 4 aromatic carbocycles. The van der Waals surface area contributed by atoms with Crippen molar-refractivity contribution in [3.05, 3.63) is 128 Å². The van der Waals surface area contributed by atoms with Gasteiger partial charge in [0.05, 0.1) is 0 Å². The Kier molecular flexibility index (Phi) is 5.96. The molecule has 1 heterocycles. The minimum Gasteiger partial charge on any atom is -0.331 e. The van der Waals surface area contributed by atoms with Crippen LogP contribution < -0.4 is 20.7 Å². The topological polar surface area (TPSA) is 3.24 Å². The lowest BCUT2D eigenvalue weighted by atomic mass is 10.4. The lowest BCUT2D eigenvalue weighted by Crippen LogP contribution is -2.78. The second-order valence-corrected chi connectivity index (χ2v) is 17.0. The van der Waals surface area contributed by atoms with E-state index in [4.69, 9.17) is 0 Å². The first-order valence-electron chi connectivity index (χ1n) is 11.6. The van der Waals surface area contributed by atoms with Crippen LogP contribution in [0.3, 0.4) is 0 Å². The highest BCUT2D eigenvalue weighted by atomic mass is 28.4. The Morgan fingerprint density at radius 2 is 0.781 bits per heavy atom. The first-order chi connectivity index (χ1) is 15.8. The maximum Gasteiger partial charge on any atom is 0.186 e. The number of nitrogens with zero attached hydrogens (tertiary/aromatic N) is 1. The average Bonchev–Trinajstić information content (AvgIpc) is 3.23. The first kappa shape index (κ1) is 21.1. The highest BCUT2D eigenvalue weighted by molar-refractivity contribution is 7.17. The molecule has 1 fully saturated rings. The zero-order valence-corrected chi connectivity index (χ0v) is 20.5. The van der Waals surface area contributed by atoms with E-state index in [-0.39, 0.29) is 0 Å². The van der Waals surface area contributed by atoms with Crippen molar-refractivity contribution in [1.82, 2.24) is 4.23 Å². The van der Waals surface area contributed by atoms with Crippen LogP contribution in [0, 0.1) is 6.92 Å². The minimum atomic E-state index is -2.18. The number of hydrogen-bond acceptors (Lipinski definition) is 1. The third kappa shape index (κ3) is 3.32. The van der Waals surface area contributed by atoms with Crippen LogP contribution in [0.1, 0.15) is 6.42 Å². The molecule has 0 bridgehead atoms. The summed E-state index contributed by atoms with van der Waals surface area (Å²) in [6.07, 6.45) is 0.919. The lowest BCUT2D eigenvalue weighted by Gasteiger charge is -2.46. The van der Waals surface area contributed by atoms with Crippen molar-refractivity contribution in [2.45, 2.75) is 18.5 Å². The Hall–Kier alpha value is -2.73. The summed E-state index contributed by atoms with van der Waals surface area (Å²) in [5.41, 5.74) is 0. The van der Waals surface area contributed by atoms with Crippen LogP contribution in [0.2, 0.25) is 12.1 Å². The maximum absolute atomic E-state index is 4.36. The number of benzene rings is 4. The Labute approximate surface area is 194 Å². The summed E-state index contributed by atoms with van der Waals surface area (Å²) in [7, 11) is -4.36. The molecule has 0 saturated carbocycles. The van der Waals surface area contributed by atoms with Crippen molar-refractivity contribution in [3.63, 3.8) is 0 Å². The van der Waals surface area contributed by atoms with E-state index in [0.717, 1.165) is 13.0 Å². The van der Waals surface area contributed by atoms with E-state index in [1.54, 1.807) is 0 Å². The van der Waals surface area contributed by atoms with Crippen molar-refractivity contribution in [3.8, 4) is 0 Å². The van der Waals surface area contributed by atoms with Gasteiger partial charge in [0.1, 0.15) is 0 Å². The lowest BCUT2D eigenvalue weighted by molar-refractivity contribution is 0.648. The molecule has 0 atom stereocenters. The summed E-state index contributed by atoms with van der Waals surface area (Å²) in [5.74, 6) is 0. The summed E-state index contributed by atoms with van der Waals surface area (Å²) in [5, 5.41) is 6.11. The van der Waals surface area contributed by atoms with E-state index in [1.165, 1.54) is 32.8 Å². The number of hydrogen-bond donors (Lipinski definition) is 0. The van der Waals surface area contributed by atoms with Gasteiger partial charge >= 0.3 is 0 Å². The van der Waals surface area contributed by atoms with Gasteiger partial charge in [0.15, 0.2) is 16.5 Å². The smallest absolute Gasteiger partial charge is 0.186 e. The summed E-state index contributed by atoms with van der Waals surface area (Å²) in [6.45, 7) is 5.39. The van der Waals surface area contributed by atoms with Gasteiger partial charge in [0, 0.05) is 0 Å². The van der Waals surface area contributed by atoms with Crippen molar-refractivity contribution in [2.75, 3.05) is 6.54 Å². The average molecular weight is 449 g/mol. The predicted molar refractivity (Wildman–Crippen MR) is 142 cm³/mol. The minimum absolute atomic E-state index is 0.919. The van der Waals surface area contributed by atoms with Crippen LogP contribution in [0.4, 0.5) is 0 Å². The SMILES string of the molecule is [CH2]CCN1[Si](c2ccccc2)(c2ccccc2)CC[Si]1(c1ccccc1)c1ccccc1. The van der Waals surface area contributed by atoms with Crippen molar-refractivity contribution < 1.29 is 0 Å². The molecule has 0 unspecified atom stereocenters. The first-order valence-corrected chi connectivity index (χ1v) is 15.9. The maximum atomic E-state index is 4.36. The molecular weight excluding hydrogens is 418 g/mol. The van der Waals surface area contributed by atoms with Gasteiger partial charge in [0.2, 0.25) is 0 Å². The Morgan fingerprint density at radius 1 is 0.500 bits per heavy atom. The van der Waals surface area contributed by atoms with E-state index >= 15 is 0 Å². The van der Waals surface area contributed by atoms with Gasteiger partial charge < -0.3 is 4.23 Å². The predicted octanol–water partition coefficient (Wildman–Crippen LogP) is 4.05. The summed E-state index contributed by atoms with van der Waals surface area (Å²) in [4.78, 5) is 0. The highest BCUT2D eigenvalue weighted by Gasteiger charge is 2.60. The molecule has 0 amide bonds. The van der Waals surface area contributed by atoms with Crippen LogP contribution in [0.5, 0.6) is 0 Å². The van der Waals surface area contributed by atoms with Crippen molar-refractivity contribution >= 4 is 37.2 Å². The molecule has 159 valence electrons. The Bertz CT molecular complexity index is 961. The standard InChI is InChI=1S/C29H30NSi2/c1-2-23-30-31(26-15-7-3-8-16-26,27-17-9-4-10-18-27)24-25-32(30,28-19-11-5-12-20-28)29-21-13-6-14-22-29/h3-22H,1-2,23-25H2. The second kappa shape index (κ2) is 9.03. The van der Waals surface area contributed by atoms with Gasteiger partial charge in [-0.15, -0.1) is 0 Å². The molecule has 1 aliphatic rings. The van der Waals surface area contributed by atoms with E-state index in [9.17, 15) is 0 Å². The summed E-state index contributed by atoms with van der Waals surface area (Å²) in [6, 6.07) is 48.0. The normalized spacial score (nSPS) is 17.3. The summed E-state index contributed by atoms with van der Waals surface area (Å²) < 4.78 is 3.03. The Morgan fingerprint density at radius 3 is 1.03 bits per heavy atom. The molecule has 1 saturated heterocycles. The zero-order chi connectivity index (χ0) is 21.9. The van der Waals surface area contributed by atoms with Gasteiger partial charge in [-0.3, -0.25) is 0 Å². The molecule has 5 rings (SSSR count). The van der Waals surface area contributed by atoms with Gasteiger partial charge in [-0.1, -0.05) is 128 Å². The largest absolute Gasteiger partial charge is 0.331 e. The van der Waals surface area contributed by atoms with Crippen molar-refractivity contribution in [2.24, 2.45) is 0 Å². The van der Waals surface area contributed by atoms with E-state index in [0.29, 0.717) is 0 Å². The van der Waals surface area contributed by atoms with Crippen LogP contribution in [-0.4, -0.2) is 27.2 Å². The van der Waals surface area contributed by atoms with E-state index in [1.807, 2.05) is 0 Å². The van der Waals surface area contributed by atoms with Gasteiger partial charge in [0.25, 0.3) is 0 Å². The van der Waals surface area contributed by atoms with Crippen LogP contribution in [-0.2, 0) is 0 Å². The van der Waals surface area contributed by atoms with Crippen LogP contribution in [0.15, 0.2) is 121 Å². The monoisotopic (exact) mass is 448 g/mol. The molecule has 0 aromatic heterocycles. The molecule has 4 aromatic rings. The second-order valence-electron chi connectivity index (χ2n) is 8.69. The molecule has 1 aliphatic heterocycles. The fraction of sp³-hybridized carbons (Fsp3) is 0.138. The summed E-state index contributed by atoms with van der Waals surface area (Å²) >= 11 is 0. The molecular formula is C29H30NSi2. The molecule has 1 radical (unpaired) electrons. The third-order valence-corrected chi connectivity index (χ3v) is 19.3. The van der Waals surface area contributed by atoms with Crippen LogP contribution >= 0.6 is 0 Å². The van der Waals surface area contributed by atoms with E-state index < -0.39 is 16.5 Å². The molecule has 3 heteroatoms. The number of rotatable bonds is 6. The molecule has 1 nitrogen and oxygen atoms in total. The Balaban J connectivity index is 1.82. The molecule has 0 N–H and O–H groups in total. The fourth-order valence-corrected chi connectivity index (χ4v) is 21.3.